The van der Waals surface area contributed by atoms with Crippen molar-refractivity contribution in [2.24, 2.45) is 0 Å². The van der Waals surface area contributed by atoms with Crippen LogP contribution in [0.3, 0.4) is 0 Å². The lowest BCUT2D eigenvalue weighted by Crippen LogP contribution is -1.97. The first-order chi connectivity index (χ1) is 11.2. The molecule has 1 aromatic heterocycles. The summed E-state index contributed by atoms with van der Waals surface area (Å²) >= 11 is 0. The molecule has 0 aliphatic rings. The second-order valence-electron chi connectivity index (χ2n) is 5.17. The maximum absolute atomic E-state index is 13.0. The molecule has 3 rings (SSSR count). The average molecular weight is 301 g/mol. The largest absolute Gasteiger partial charge is 0.343 e. The molecule has 0 amide bonds. The Balaban J connectivity index is 1.93. The molecular weight excluding hydrogens is 289 g/mol. The number of fused-ring (bicyclic) bond motifs is 1. The number of benzene rings is 2. The summed E-state index contributed by atoms with van der Waals surface area (Å²) < 4.78 is 15.0. The van der Waals surface area contributed by atoms with E-state index in [0.717, 1.165) is 22.0 Å². The molecule has 0 saturated carbocycles. The molecule has 0 N–H and O–H groups in total. The minimum Gasteiger partial charge on any atom is -0.343 e. The second kappa shape index (κ2) is 6.17. The van der Waals surface area contributed by atoms with Crippen molar-refractivity contribution in [1.29, 1.82) is 10.5 Å². The smallest absolute Gasteiger partial charge is 0.130 e. The van der Waals surface area contributed by atoms with Crippen LogP contribution in [0.4, 0.5) is 4.39 Å². The highest BCUT2D eigenvalue weighted by Gasteiger charge is 2.04. The van der Waals surface area contributed by atoms with Gasteiger partial charge in [0.1, 0.15) is 23.5 Å². The number of hydrogen-bond donors (Lipinski definition) is 0. The fourth-order valence-corrected chi connectivity index (χ4v) is 2.49. The Bertz CT molecular complexity index is 951. The molecule has 0 atom stereocenters. The molecule has 110 valence electrons. The van der Waals surface area contributed by atoms with Crippen LogP contribution in [0.15, 0.2) is 60.3 Å². The van der Waals surface area contributed by atoms with E-state index in [1.165, 1.54) is 12.1 Å². The fraction of sp³-hybridized carbons (Fsp3) is 0.0526. The summed E-state index contributed by atoms with van der Waals surface area (Å²) in [6.45, 7) is 0.653. The van der Waals surface area contributed by atoms with E-state index in [0.29, 0.717) is 6.54 Å². The molecule has 0 aliphatic carbocycles. The zero-order valence-corrected chi connectivity index (χ0v) is 12.2. The highest BCUT2D eigenvalue weighted by molar-refractivity contribution is 5.83. The van der Waals surface area contributed by atoms with Crippen LogP contribution in [0, 0.1) is 28.5 Å². The first-order valence-corrected chi connectivity index (χ1v) is 7.05. The highest BCUT2D eigenvalue weighted by Crippen LogP contribution is 2.20. The lowest BCUT2D eigenvalue weighted by molar-refractivity contribution is 0.626. The molecule has 1 heterocycles. The van der Waals surface area contributed by atoms with Crippen molar-refractivity contribution in [2.45, 2.75) is 6.54 Å². The first-order valence-electron chi connectivity index (χ1n) is 7.05. The number of nitrogens with zero attached hydrogens (tertiary/aromatic N) is 3. The van der Waals surface area contributed by atoms with Crippen molar-refractivity contribution < 1.29 is 4.39 Å². The van der Waals surface area contributed by atoms with Gasteiger partial charge in [0.2, 0.25) is 0 Å². The van der Waals surface area contributed by atoms with E-state index >= 15 is 0 Å². The SMILES string of the molecule is N#CC(C#N)=Cc1ccc2c(ccn2Cc2ccc(F)cc2)c1. The van der Waals surface area contributed by atoms with Gasteiger partial charge >= 0.3 is 0 Å². The van der Waals surface area contributed by atoms with E-state index < -0.39 is 0 Å². The number of nitriles is 2. The zero-order valence-electron chi connectivity index (χ0n) is 12.2. The Hall–Kier alpha value is -3.37. The molecule has 2 aromatic carbocycles. The van der Waals surface area contributed by atoms with Crippen LogP contribution in [0.5, 0.6) is 0 Å². The van der Waals surface area contributed by atoms with Crippen molar-refractivity contribution in [2.75, 3.05) is 0 Å². The van der Waals surface area contributed by atoms with Crippen molar-refractivity contribution in [3.8, 4) is 12.1 Å². The van der Waals surface area contributed by atoms with Crippen LogP contribution >= 0.6 is 0 Å². The molecule has 0 spiro atoms. The van der Waals surface area contributed by atoms with Gasteiger partial charge in [-0.3, -0.25) is 0 Å². The Kier molecular flexibility index (Phi) is 3.91. The standard InChI is InChI=1S/C19H12FN3/c20-18-4-1-14(2-5-18)13-23-8-7-17-10-15(3-6-19(17)23)9-16(11-21)12-22/h1-10H,13H2. The van der Waals surface area contributed by atoms with Gasteiger partial charge in [-0.1, -0.05) is 18.2 Å². The van der Waals surface area contributed by atoms with Gasteiger partial charge in [-0.05, 0) is 47.5 Å². The van der Waals surface area contributed by atoms with Gasteiger partial charge < -0.3 is 4.57 Å². The van der Waals surface area contributed by atoms with E-state index in [-0.39, 0.29) is 11.4 Å². The summed E-state index contributed by atoms with van der Waals surface area (Å²) in [5.74, 6) is -0.242. The van der Waals surface area contributed by atoms with Gasteiger partial charge in [-0.25, -0.2) is 4.39 Å². The van der Waals surface area contributed by atoms with Crippen LogP contribution < -0.4 is 0 Å². The molecule has 0 bridgehead atoms. The van der Waals surface area contributed by atoms with Crippen LogP contribution in [0.1, 0.15) is 11.1 Å². The maximum atomic E-state index is 13.0. The normalized spacial score (nSPS) is 10.0. The van der Waals surface area contributed by atoms with Gasteiger partial charge in [0.25, 0.3) is 0 Å². The maximum Gasteiger partial charge on any atom is 0.130 e. The molecule has 0 saturated heterocycles. The van der Waals surface area contributed by atoms with Crippen LogP contribution in [-0.4, -0.2) is 4.57 Å². The minimum absolute atomic E-state index is 0.0788. The molecule has 0 radical (unpaired) electrons. The van der Waals surface area contributed by atoms with E-state index in [1.54, 1.807) is 18.2 Å². The number of hydrogen-bond acceptors (Lipinski definition) is 2. The lowest BCUT2D eigenvalue weighted by Gasteiger charge is -2.06. The molecule has 3 aromatic rings. The number of aromatic nitrogens is 1. The third kappa shape index (κ3) is 3.12. The van der Waals surface area contributed by atoms with Crippen LogP contribution in [0.2, 0.25) is 0 Å². The lowest BCUT2D eigenvalue weighted by atomic mass is 10.1. The number of halogens is 1. The van der Waals surface area contributed by atoms with Gasteiger partial charge in [0.15, 0.2) is 0 Å². The summed E-state index contributed by atoms with van der Waals surface area (Å²) in [7, 11) is 0. The van der Waals surface area contributed by atoms with Gasteiger partial charge in [-0.15, -0.1) is 0 Å². The molecule has 4 heteroatoms. The number of rotatable bonds is 3. The fourth-order valence-electron chi connectivity index (χ4n) is 2.49. The van der Waals surface area contributed by atoms with Crippen molar-refractivity contribution >= 4 is 17.0 Å². The quantitative estimate of drug-likeness (QED) is 0.679. The van der Waals surface area contributed by atoms with E-state index in [1.807, 2.05) is 42.6 Å². The average Bonchev–Trinajstić information content (AvgIpc) is 2.97. The molecule has 0 unspecified atom stereocenters. The highest BCUT2D eigenvalue weighted by atomic mass is 19.1. The van der Waals surface area contributed by atoms with Crippen molar-refractivity contribution in [3.05, 3.63) is 77.2 Å². The Morgan fingerprint density at radius 3 is 2.48 bits per heavy atom. The van der Waals surface area contributed by atoms with Crippen molar-refractivity contribution in [1.82, 2.24) is 4.57 Å². The Morgan fingerprint density at radius 2 is 1.78 bits per heavy atom. The van der Waals surface area contributed by atoms with Crippen LogP contribution in [0.25, 0.3) is 17.0 Å². The molecule has 0 fully saturated rings. The second-order valence-corrected chi connectivity index (χ2v) is 5.17. The van der Waals surface area contributed by atoms with Crippen molar-refractivity contribution in [3.63, 3.8) is 0 Å². The predicted molar refractivity (Wildman–Crippen MR) is 86.6 cm³/mol. The number of allylic oxidation sites excluding steroid dienone is 1. The minimum atomic E-state index is -0.242. The van der Waals surface area contributed by atoms with Gasteiger partial charge in [0, 0.05) is 23.6 Å². The molecule has 23 heavy (non-hydrogen) atoms. The van der Waals surface area contributed by atoms with E-state index in [4.69, 9.17) is 10.5 Å². The predicted octanol–water partition coefficient (Wildman–Crippen LogP) is 4.26. The zero-order chi connectivity index (χ0) is 16.2. The van der Waals surface area contributed by atoms with E-state index in [9.17, 15) is 4.39 Å². The first kappa shape index (κ1) is 14.6. The van der Waals surface area contributed by atoms with Gasteiger partial charge in [-0.2, -0.15) is 10.5 Å². The molecular formula is C19H12FN3. The molecule has 3 nitrogen and oxygen atoms in total. The Morgan fingerprint density at radius 1 is 1.04 bits per heavy atom. The summed E-state index contributed by atoms with van der Waals surface area (Å²) in [5, 5.41) is 18.7. The van der Waals surface area contributed by atoms with Crippen LogP contribution in [-0.2, 0) is 6.54 Å². The van der Waals surface area contributed by atoms with E-state index in [2.05, 4.69) is 4.57 Å². The summed E-state index contributed by atoms with van der Waals surface area (Å²) in [6, 6.07) is 17.9. The monoisotopic (exact) mass is 301 g/mol. The summed E-state index contributed by atoms with van der Waals surface area (Å²) in [6.07, 6.45) is 3.54. The Labute approximate surface area is 133 Å². The summed E-state index contributed by atoms with van der Waals surface area (Å²) in [4.78, 5) is 0. The van der Waals surface area contributed by atoms with Gasteiger partial charge in [0.05, 0.1) is 0 Å². The molecule has 0 aliphatic heterocycles. The topological polar surface area (TPSA) is 52.5 Å². The summed E-state index contributed by atoms with van der Waals surface area (Å²) in [5.41, 5.74) is 2.95. The third-order valence-electron chi connectivity index (χ3n) is 3.61. The third-order valence-corrected chi connectivity index (χ3v) is 3.61.